The first-order valence-corrected chi connectivity index (χ1v) is 7.27. The zero-order valence-electron chi connectivity index (χ0n) is 11.8. The monoisotopic (exact) mass is 244 g/mol. The Morgan fingerprint density at radius 3 is 2.29 bits per heavy atom. The molecule has 0 aliphatic rings. The normalized spacial score (nSPS) is 14.8. The Morgan fingerprint density at radius 2 is 1.76 bits per heavy atom. The topological polar surface area (TPSA) is 61.3 Å². The zero-order chi connectivity index (χ0) is 12.9. The van der Waals surface area contributed by atoms with E-state index in [-0.39, 0.29) is 0 Å². The Morgan fingerprint density at radius 1 is 1.00 bits per heavy atom. The SMILES string of the molecule is CCCCCC(CC)C(CN)COCCCN. The molecule has 3 nitrogen and oxygen atoms in total. The summed E-state index contributed by atoms with van der Waals surface area (Å²) in [5, 5.41) is 0. The molecule has 4 N–H and O–H groups in total. The second kappa shape index (κ2) is 12.3. The highest BCUT2D eigenvalue weighted by molar-refractivity contribution is 4.70. The van der Waals surface area contributed by atoms with Crippen LogP contribution in [0.25, 0.3) is 0 Å². The highest BCUT2D eigenvalue weighted by Crippen LogP contribution is 2.22. The fraction of sp³-hybridized carbons (Fsp3) is 1.00. The van der Waals surface area contributed by atoms with Crippen molar-refractivity contribution < 1.29 is 4.74 Å². The summed E-state index contributed by atoms with van der Waals surface area (Å²) in [7, 11) is 0. The summed E-state index contributed by atoms with van der Waals surface area (Å²) in [6.45, 7) is 7.55. The number of hydrogen-bond donors (Lipinski definition) is 2. The van der Waals surface area contributed by atoms with Crippen LogP contribution >= 0.6 is 0 Å². The Labute approximate surface area is 107 Å². The summed E-state index contributed by atoms with van der Waals surface area (Å²) in [5.74, 6) is 1.25. The molecular formula is C14H32N2O. The lowest BCUT2D eigenvalue weighted by Gasteiger charge is -2.25. The highest BCUT2D eigenvalue weighted by atomic mass is 16.5. The summed E-state index contributed by atoms with van der Waals surface area (Å²) >= 11 is 0. The van der Waals surface area contributed by atoms with Crippen LogP contribution < -0.4 is 11.5 Å². The summed E-state index contributed by atoms with van der Waals surface area (Å²) < 4.78 is 5.66. The molecular weight excluding hydrogens is 212 g/mol. The van der Waals surface area contributed by atoms with Crippen molar-refractivity contribution in [3.05, 3.63) is 0 Å². The molecule has 0 fully saturated rings. The smallest absolute Gasteiger partial charge is 0.0508 e. The first-order chi connectivity index (χ1) is 8.29. The van der Waals surface area contributed by atoms with E-state index in [0.29, 0.717) is 12.5 Å². The molecule has 17 heavy (non-hydrogen) atoms. The minimum atomic E-state index is 0.523. The van der Waals surface area contributed by atoms with Crippen LogP contribution in [0.2, 0.25) is 0 Å². The number of rotatable bonds is 12. The Bertz CT molecular complexity index is 153. The largest absolute Gasteiger partial charge is 0.381 e. The highest BCUT2D eigenvalue weighted by Gasteiger charge is 2.18. The molecule has 0 aromatic heterocycles. The first-order valence-electron chi connectivity index (χ1n) is 7.27. The molecule has 0 saturated carbocycles. The molecule has 0 aromatic carbocycles. The molecule has 2 atom stereocenters. The van der Waals surface area contributed by atoms with Gasteiger partial charge < -0.3 is 16.2 Å². The maximum atomic E-state index is 5.86. The van der Waals surface area contributed by atoms with E-state index in [4.69, 9.17) is 16.2 Å². The van der Waals surface area contributed by atoms with E-state index in [9.17, 15) is 0 Å². The van der Waals surface area contributed by atoms with Crippen molar-refractivity contribution in [3.63, 3.8) is 0 Å². The van der Waals surface area contributed by atoms with E-state index in [0.717, 1.165) is 32.1 Å². The predicted octanol–water partition coefficient (Wildman–Crippen LogP) is 2.53. The lowest BCUT2D eigenvalue weighted by atomic mass is 9.86. The molecule has 0 bridgehead atoms. The van der Waals surface area contributed by atoms with Crippen molar-refractivity contribution in [1.29, 1.82) is 0 Å². The third kappa shape index (κ3) is 8.58. The van der Waals surface area contributed by atoms with Crippen molar-refractivity contribution in [2.75, 3.05) is 26.3 Å². The maximum absolute atomic E-state index is 5.86. The lowest BCUT2D eigenvalue weighted by molar-refractivity contribution is 0.0754. The third-order valence-electron chi connectivity index (χ3n) is 3.50. The lowest BCUT2D eigenvalue weighted by Crippen LogP contribution is -2.28. The van der Waals surface area contributed by atoms with Gasteiger partial charge in [-0.2, -0.15) is 0 Å². The van der Waals surface area contributed by atoms with Gasteiger partial charge in [0.25, 0.3) is 0 Å². The predicted molar refractivity (Wildman–Crippen MR) is 75.0 cm³/mol. The minimum Gasteiger partial charge on any atom is -0.381 e. The Hall–Kier alpha value is -0.120. The zero-order valence-corrected chi connectivity index (χ0v) is 11.8. The van der Waals surface area contributed by atoms with Gasteiger partial charge in [0.05, 0.1) is 6.61 Å². The van der Waals surface area contributed by atoms with Gasteiger partial charge in [0.15, 0.2) is 0 Å². The molecule has 0 aliphatic carbocycles. The molecule has 0 rings (SSSR count). The molecule has 0 radical (unpaired) electrons. The molecule has 3 heteroatoms. The van der Waals surface area contributed by atoms with Gasteiger partial charge in [-0.05, 0) is 31.3 Å². The van der Waals surface area contributed by atoms with Gasteiger partial charge in [-0.25, -0.2) is 0 Å². The van der Waals surface area contributed by atoms with Crippen molar-refractivity contribution in [3.8, 4) is 0 Å². The third-order valence-corrected chi connectivity index (χ3v) is 3.50. The summed E-state index contributed by atoms with van der Waals surface area (Å²) in [5.41, 5.74) is 11.3. The van der Waals surface area contributed by atoms with Gasteiger partial charge in [-0.3, -0.25) is 0 Å². The molecule has 104 valence electrons. The summed E-state index contributed by atoms with van der Waals surface area (Å²) in [6, 6.07) is 0. The standard InChI is InChI=1S/C14H32N2O/c1-3-5-6-8-13(4-2)14(11-16)12-17-10-7-9-15/h13-14H,3-12,15-16H2,1-2H3. The summed E-state index contributed by atoms with van der Waals surface area (Å²) in [6.07, 6.45) is 7.41. The van der Waals surface area contributed by atoms with Crippen LogP contribution in [0.5, 0.6) is 0 Å². The second-order valence-corrected chi connectivity index (χ2v) is 4.88. The quantitative estimate of drug-likeness (QED) is 0.519. The van der Waals surface area contributed by atoms with Gasteiger partial charge in [-0.1, -0.05) is 46.0 Å². The van der Waals surface area contributed by atoms with E-state index in [1.54, 1.807) is 0 Å². The van der Waals surface area contributed by atoms with Crippen LogP contribution in [0.1, 0.15) is 52.4 Å². The molecule has 0 amide bonds. The van der Waals surface area contributed by atoms with E-state index in [1.807, 2.05) is 0 Å². The van der Waals surface area contributed by atoms with Crippen LogP contribution in [0.3, 0.4) is 0 Å². The van der Waals surface area contributed by atoms with Crippen molar-refractivity contribution in [2.45, 2.75) is 52.4 Å². The van der Waals surface area contributed by atoms with Crippen LogP contribution in [-0.4, -0.2) is 26.3 Å². The minimum absolute atomic E-state index is 0.523. The molecule has 0 spiro atoms. The maximum Gasteiger partial charge on any atom is 0.0508 e. The first kappa shape index (κ1) is 16.9. The molecule has 0 saturated heterocycles. The number of hydrogen-bond acceptors (Lipinski definition) is 3. The van der Waals surface area contributed by atoms with E-state index >= 15 is 0 Å². The van der Waals surface area contributed by atoms with Gasteiger partial charge in [-0.15, -0.1) is 0 Å². The average Bonchev–Trinajstić information content (AvgIpc) is 2.36. The number of ether oxygens (including phenoxy) is 1. The molecule has 2 unspecified atom stereocenters. The van der Waals surface area contributed by atoms with E-state index in [1.165, 1.54) is 32.1 Å². The van der Waals surface area contributed by atoms with Gasteiger partial charge in [0.1, 0.15) is 0 Å². The molecule has 0 heterocycles. The molecule has 0 aliphatic heterocycles. The molecule has 0 aromatic rings. The van der Waals surface area contributed by atoms with E-state index < -0.39 is 0 Å². The van der Waals surface area contributed by atoms with Crippen molar-refractivity contribution in [2.24, 2.45) is 23.3 Å². The number of unbranched alkanes of at least 4 members (excludes halogenated alkanes) is 2. The van der Waals surface area contributed by atoms with Crippen molar-refractivity contribution in [1.82, 2.24) is 0 Å². The van der Waals surface area contributed by atoms with Crippen LogP contribution in [0.4, 0.5) is 0 Å². The number of nitrogens with two attached hydrogens (primary N) is 2. The fourth-order valence-corrected chi connectivity index (χ4v) is 2.25. The van der Waals surface area contributed by atoms with Gasteiger partial charge in [0, 0.05) is 6.61 Å². The Balaban J connectivity index is 3.83. The fourth-order valence-electron chi connectivity index (χ4n) is 2.25. The van der Waals surface area contributed by atoms with Crippen molar-refractivity contribution >= 4 is 0 Å². The van der Waals surface area contributed by atoms with Crippen LogP contribution in [-0.2, 0) is 4.74 Å². The van der Waals surface area contributed by atoms with Crippen LogP contribution in [0.15, 0.2) is 0 Å². The second-order valence-electron chi connectivity index (χ2n) is 4.88. The Kier molecular flexibility index (Phi) is 12.3. The summed E-state index contributed by atoms with van der Waals surface area (Å²) in [4.78, 5) is 0. The van der Waals surface area contributed by atoms with Gasteiger partial charge in [0.2, 0.25) is 0 Å². The van der Waals surface area contributed by atoms with Gasteiger partial charge >= 0.3 is 0 Å². The van der Waals surface area contributed by atoms with Crippen LogP contribution in [0, 0.1) is 11.8 Å². The van der Waals surface area contributed by atoms with E-state index in [2.05, 4.69) is 13.8 Å². The average molecular weight is 244 g/mol.